The van der Waals surface area contributed by atoms with E-state index in [1.807, 2.05) is 32.0 Å². The molecule has 0 aliphatic carbocycles. The van der Waals surface area contributed by atoms with Gasteiger partial charge in [-0.05, 0) is 44.5 Å². The number of carbonyl (C=O) groups is 2. The van der Waals surface area contributed by atoms with Gasteiger partial charge in [-0.15, -0.1) is 0 Å². The summed E-state index contributed by atoms with van der Waals surface area (Å²) in [6.45, 7) is 4.03. The van der Waals surface area contributed by atoms with Gasteiger partial charge in [-0.1, -0.05) is 12.1 Å². The quantitative estimate of drug-likeness (QED) is 0.762. The Balaban J connectivity index is 1.79. The van der Waals surface area contributed by atoms with Crippen LogP contribution in [0, 0.1) is 13.8 Å². The molecule has 0 bridgehead atoms. The number of nitrogens with zero attached hydrogens (tertiary/aromatic N) is 1. The SMILES string of the molecule is Cc1cccc(NC(=O)CN(C)CC(=O)N[C@H]2CCS(=O)(=O)C2)c1C. The Morgan fingerprint density at radius 2 is 1.88 bits per heavy atom. The Labute approximate surface area is 148 Å². The highest BCUT2D eigenvalue weighted by Crippen LogP contribution is 2.17. The molecular weight excluding hydrogens is 342 g/mol. The first-order valence-electron chi connectivity index (χ1n) is 8.20. The average molecular weight is 367 g/mol. The maximum atomic E-state index is 12.1. The van der Waals surface area contributed by atoms with Crippen LogP contribution in [0.25, 0.3) is 0 Å². The lowest BCUT2D eigenvalue weighted by Crippen LogP contribution is -2.43. The van der Waals surface area contributed by atoms with Crippen LogP contribution in [0.3, 0.4) is 0 Å². The number of hydrogen-bond acceptors (Lipinski definition) is 5. The van der Waals surface area contributed by atoms with Gasteiger partial charge in [0, 0.05) is 11.7 Å². The molecule has 1 aliphatic heterocycles. The van der Waals surface area contributed by atoms with Crippen molar-refractivity contribution in [3.63, 3.8) is 0 Å². The number of rotatable bonds is 6. The van der Waals surface area contributed by atoms with Crippen LogP contribution in [0.5, 0.6) is 0 Å². The van der Waals surface area contributed by atoms with E-state index in [0.29, 0.717) is 6.42 Å². The van der Waals surface area contributed by atoms with Gasteiger partial charge in [0.15, 0.2) is 9.84 Å². The third-order valence-electron chi connectivity index (χ3n) is 4.30. The molecule has 2 N–H and O–H groups in total. The summed E-state index contributed by atoms with van der Waals surface area (Å²) in [5, 5.41) is 5.56. The molecule has 8 heteroatoms. The molecule has 1 atom stereocenters. The fourth-order valence-electron chi connectivity index (χ4n) is 2.80. The summed E-state index contributed by atoms with van der Waals surface area (Å²) in [5.41, 5.74) is 2.87. The van der Waals surface area contributed by atoms with Gasteiger partial charge in [0.1, 0.15) is 0 Å². The molecule has 1 saturated heterocycles. The van der Waals surface area contributed by atoms with Crippen LogP contribution < -0.4 is 10.6 Å². The minimum atomic E-state index is -3.02. The average Bonchev–Trinajstić information content (AvgIpc) is 2.82. The van der Waals surface area contributed by atoms with Crippen molar-refractivity contribution in [1.29, 1.82) is 0 Å². The molecular formula is C17H25N3O4S. The summed E-state index contributed by atoms with van der Waals surface area (Å²) >= 11 is 0. The van der Waals surface area contributed by atoms with Gasteiger partial charge in [0.2, 0.25) is 11.8 Å². The van der Waals surface area contributed by atoms with Crippen molar-refractivity contribution in [2.24, 2.45) is 0 Å². The smallest absolute Gasteiger partial charge is 0.238 e. The fraction of sp³-hybridized carbons (Fsp3) is 0.529. The third kappa shape index (κ3) is 5.82. The van der Waals surface area contributed by atoms with Crippen molar-refractivity contribution >= 4 is 27.3 Å². The molecule has 0 spiro atoms. The summed E-state index contributed by atoms with van der Waals surface area (Å²) in [4.78, 5) is 25.7. The van der Waals surface area contributed by atoms with E-state index < -0.39 is 9.84 Å². The lowest BCUT2D eigenvalue weighted by molar-refractivity contribution is -0.123. The molecule has 1 fully saturated rings. The second-order valence-electron chi connectivity index (χ2n) is 6.64. The zero-order valence-corrected chi connectivity index (χ0v) is 15.6. The maximum absolute atomic E-state index is 12.1. The van der Waals surface area contributed by atoms with Crippen molar-refractivity contribution in [2.45, 2.75) is 26.3 Å². The summed E-state index contributed by atoms with van der Waals surface area (Å²) in [5.74, 6) is -0.363. The molecule has 138 valence electrons. The van der Waals surface area contributed by atoms with E-state index in [1.54, 1.807) is 11.9 Å². The van der Waals surface area contributed by atoms with Crippen LogP contribution in [-0.2, 0) is 19.4 Å². The van der Waals surface area contributed by atoms with Gasteiger partial charge >= 0.3 is 0 Å². The Kier molecular flexibility index (Phi) is 6.18. The molecule has 0 aromatic heterocycles. The molecule has 1 aliphatic rings. The van der Waals surface area contributed by atoms with Crippen LogP contribution in [0.2, 0.25) is 0 Å². The second kappa shape index (κ2) is 7.97. The fourth-order valence-corrected chi connectivity index (χ4v) is 4.48. The molecule has 2 amide bonds. The third-order valence-corrected chi connectivity index (χ3v) is 6.07. The Morgan fingerprint density at radius 3 is 2.52 bits per heavy atom. The molecule has 2 rings (SSSR count). The molecule has 1 aromatic carbocycles. The Bertz CT molecular complexity index is 761. The molecule has 0 unspecified atom stereocenters. The number of carbonyl (C=O) groups excluding carboxylic acids is 2. The van der Waals surface area contributed by atoms with Crippen LogP contribution in [0.15, 0.2) is 18.2 Å². The summed E-state index contributed by atoms with van der Waals surface area (Å²) < 4.78 is 22.8. The predicted molar refractivity (Wildman–Crippen MR) is 97.2 cm³/mol. The van der Waals surface area contributed by atoms with E-state index >= 15 is 0 Å². The van der Waals surface area contributed by atoms with Gasteiger partial charge < -0.3 is 10.6 Å². The largest absolute Gasteiger partial charge is 0.351 e. The molecule has 25 heavy (non-hydrogen) atoms. The number of aryl methyl sites for hydroxylation is 1. The van der Waals surface area contributed by atoms with Crippen molar-refractivity contribution in [3.05, 3.63) is 29.3 Å². The first-order valence-corrected chi connectivity index (χ1v) is 10.0. The molecule has 0 radical (unpaired) electrons. The number of anilines is 1. The lowest BCUT2D eigenvalue weighted by Gasteiger charge is -2.18. The maximum Gasteiger partial charge on any atom is 0.238 e. The first-order chi connectivity index (χ1) is 11.7. The topological polar surface area (TPSA) is 95.6 Å². The Hall–Kier alpha value is -1.93. The van der Waals surface area contributed by atoms with Crippen LogP contribution >= 0.6 is 0 Å². The normalized spacial score (nSPS) is 19.0. The highest BCUT2D eigenvalue weighted by atomic mass is 32.2. The van der Waals surface area contributed by atoms with E-state index in [-0.39, 0.29) is 42.5 Å². The van der Waals surface area contributed by atoms with Gasteiger partial charge in [0.05, 0.1) is 24.6 Å². The van der Waals surface area contributed by atoms with E-state index in [0.717, 1.165) is 16.8 Å². The van der Waals surface area contributed by atoms with Crippen molar-refractivity contribution < 1.29 is 18.0 Å². The number of nitrogens with one attached hydrogen (secondary N) is 2. The monoisotopic (exact) mass is 367 g/mol. The molecule has 1 aromatic rings. The summed E-state index contributed by atoms with van der Waals surface area (Å²) in [7, 11) is -1.35. The number of amides is 2. The van der Waals surface area contributed by atoms with E-state index in [9.17, 15) is 18.0 Å². The highest BCUT2D eigenvalue weighted by molar-refractivity contribution is 7.91. The zero-order valence-electron chi connectivity index (χ0n) is 14.8. The number of hydrogen-bond donors (Lipinski definition) is 2. The minimum Gasteiger partial charge on any atom is -0.351 e. The van der Waals surface area contributed by atoms with Gasteiger partial charge in [-0.25, -0.2) is 8.42 Å². The van der Waals surface area contributed by atoms with E-state index in [1.165, 1.54) is 0 Å². The van der Waals surface area contributed by atoms with E-state index in [2.05, 4.69) is 10.6 Å². The van der Waals surface area contributed by atoms with Crippen molar-refractivity contribution in [1.82, 2.24) is 10.2 Å². The van der Waals surface area contributed by atoms with Gasteiger partial charge in [0.25, 0.3) is 0 Å². The molecule has 7 nitrogen and oxygen atoms in total. The zero-order chi connectivity index (χ0) is 18.6. The lowest BCUT2D eigenvalue weighted by atomic mass is 10.1. The van der Waals surface area contributed by atoms with Crippen molar-refractivity contribution in [2.75, 3.05) is 37.0 Å². The molecule has 0 saturated carbocycles. The number of likely N-dealkylation sites (N-methyl/N-ethyl adjacent to an activating group) is 1. The summed E-state index contributed by atoms with van der Waals surface area (Å²) in [6, 6.07) is 5.37. The van der Waals surface area contributed by atoms with Crippen LogP contribution in [0.4, 0.5) is 5.69 Å². The summed E-state index contributed by atoms with van der Waals surface area (Å²) in [6.07, 6.45) is 0.449. The standard InChI is InChI=1S/C17H25N3O4S/c1-12-5-4-6-15(13(12)2)19-17(22)10-20(3)9-16(21)18-14-7-8-25(23,24)11-14/h4-6,14H,7-11H2,1-3H3,(H,18,21)(H,19,22)/t14-/m0/s1. The van der Waals surface area contributed by atoms with Crippen molar-refractivity contribution in [3.8, 4) is 0 Å². The minimum absolute atomic E-state index is 0.00439. The number of benzene rings is 1. The second-order valence-corrected chi connectivity index (χ2v) is 8.86. The van der Waals surface area contributed by atoms with Crippen LogP contribution in [0.1, 0.15) is 17.5 Å². The van der Waals surface area contributed by atoms with Gasteiger partial charge in [-0.2, -0.15) is 0 Å². The van der Waals surface area contributed by atoms with E-state index in [4.69, 9.17) is 0 Å². The first kappa shape index (κ1) is 19.4. The number of sulfone groups is 1. The van der Waals surface area contributed by atoms with Gasteiger partial charge in [-0.3, -0.25) is 14.5 Å². The van der Waals surface area contributed by atoms with Crippen LogP contribution in [-0.4, -0.2) is 62.8 Å². The highest BCUT2D eigenvalue weighted by Gasteiger charge is 2.29. The Morgan fingerprint density at radius 1 is 1.20 bits per heavy atom. The predicted octanol–water partition coefficient (Wildman–Crippen LogP) is 0.477. The molecule has 1 heterocycles.